The molecule has 2 heterocycles. The Morgan fingerprint density at radius 2 is 1.30 bits per heavy atom. The Labute approximate surface area is 253 Å². The lowest BCUT2D eigenvalue weighted by Crippen LogP contribution is -2.39. The molecule has 0 saturated carbocycles. The second-order valence-electron chi connectivity index (χ2n) is 13.0. The van der Waals surface area contributed by atoms with Crippen LogP contribution in [-0.4, -0.2) is 65.3 Å². The molecule has 2 aliphatic rings. The number of aryl methyl sites for hydroxylation is 1. The fourth-order valence-corrected chi connectivity index (χ4v) is 4.92. The van der Waals surface area contributed by atoms with E-state index >= 15 is 4.39 Å². The number of rotatable bonds is 4. The Morgan fingerprint density at radius 3 is 1.77 bits per heavy atom. The summed E-state index contributed by atoms with van der Waals surface area (Å²) >= 11 is 0. The molecular formula is C34H42FN3O5. The van der Waals surface area contributed by atoms with Crippen molar-refractivity contribution in [1.82, 2.24) is 9.80 Å². The molecule has 0 spiro atoms. The first kappa shape index (κ1) is 31.8. The lowest BCUT2D eigenvalue weighted by Gasteiger charge is -2.29. The van der Waals surface area contributed by atoms with E-state index in [9.17, 15) is 14.4 Å². The molecule has 8 nitrogen and oxygen atoms in total. The largest absolute Gasteiger partial charge is 0.444 e. The van der Waals surface area contributed by atoms with Gasteiger partial charge < -0.3 is 24.6 Å². The molecule has 0 atom stereocenters. The van der Waals surface area contributed by atoms with Crippen molar-refractivity contribution >= 4 is 34.9 Å². The molecule has 0 aliphatic carbocycles. The summed E-state index contributed by atoms with van der Waals surface area (Å²) in [7, 11) is 0. The topological polar surface area (TPSA) is 88.2 Å². The maximum absolute atomic E-state index is 15.2. The highest BCUT2D eigenvalue weighted by molar-refractivity contribution is 6.05. The van der Waals surface area contributed by atoms with Crippen molar-refractivity contribution in [2.24, 2.45) is 0 Å². The number of amides is 3. The Morgan fingerprint density at radius 1 is 0.791 bits per heavy atom. The number of ether oxygens (including phenoxy) is 2. The molecule has 43 heavy (non-hydrogen) atoms. The summed E-state index contributed by atoms with van der Waals surface area (Å²) in [6.45, 7) is 14.6. The zero-order valence-corrected chi connectivity index (χ0v) is 26.2. The molecule has 4 rings (SSSR count). The van der Waals surface area contributed by atoms with Gasteiger partial charge in [0.15, 0.2) is 0 Å². The zero-order chi connectivity index (χ0) is 31.5. The molecule has 2 aliphatic heterocycles. The van der Waals surface area contributed by atoms with E-state index in [1.807, 2.05) is 72.8 Å². The van der Waals surface area contributed by atoms with Gasteiger partial charge in [-0.15, -0.1) is 0 Å². The van der Waals surface area contributed by atoms with Gasteiger partial charge in [0.25, 0.3) is 5.91 Å². The summed E-state index contributed by atoms with van der Waals surface area (Å²) in [6.07, 6.45) is 4.34. The van der Waals surface area contributed by atoms with Gasteiger partial charge in [-0.05, 0) is 108 Å². The van der Waals surface area contributed by atoms with Gasteiger partial charge in [0.1, 0.15) is 17.0 Å². The van der Waals surface area contributed by atoms with Gasteiger partial charge in [0.2, 0.25) is 0 Å². The minimum Gasteiger partial charge on any atom is -0.444 e. The van der Waals surface area contributed by atoms with E-state index in [0.717, 1.165) is 22.3 Å². The van der Waals surface area contributed by atoms with Crippen molar-refractivity contribution < 1.29 is 28.2 Å². The van der Waals surface area contributed by atoms with Crippen molar-refractivity contribution in [2.75, 3.05) is 31.5 Å². The van der Waals surface area contributed by atoms with Gasteiger partial charge in [-0.2, -0.15) is 0 Å². The van der Waals surface area contributed by atoms with Crippen LogP contribution < -0.4 is 5.32 Å². The quantitative estimate of drug-likeness (QED) is 0.399. The van der Waals surface area contributed by atoms with Crippen LogP contribution in [0.4, 0.5) is 19.7 Å². The number of anilines is 1. The number of hydrogen-bond acceptors (Lipinski definition) is 5. The molecule has 9 heteroatoms. The second kappa shape index (κ2) is 12.6. The summed E-state index contributed by atoms with van der Waals surface area (Å²) in [5, 5.41) is 2.84. The monoisotopic (exact) mass is 591 g/mol. The van der Waals surface area contributed by atoms with Crippen LogP contribution in [0.3, 0.4) is 0 Å². The van der Waals surface area contributed by atoms with Gasteiger partial charge in [-0.3, -0.25) is 4.79 Å². The molecule has 0 fully saturated rings. The van der Waals surface area contributed by atoms with E-state index in [4.69, 9.17) is 9.47 Å². The molecule has 1 N–H and O–H groups in total. The fourth-order valence-electron chi connectivity index (χ4n) is 4.92. The van der Waals surface area contributed by atoms with Gasteiger partial charge in [0, 0.05) is 43.0 Å². The predicted octanol–water partition coefficient (Wildman–Crippen LogP) is 7.43. The lowest BCUT2D eigenvalue weighted by molar-refractivity contribution is 0.0260. The van der Waals surface area contributed by atoms with E-state index in [2.05, 4.69) is 5.32 Å². The van der Waals surface area contributed by atoms with E-state index in [0.29, 0.717) is 55.8 Å². The predicted molar refractivity (Wildman–Crippen MR) is 166 cm³/mol. The Bertz CT molecular complexity index is 1450. The summed E-state index contributed by atoms with van der Waals surface area (Å²) in [4.78, 5) is 41.0. The van der Waals surface area contributed by atoms with Gasteiger partial charge in [0.05, 0.1) is 0 Å². The molecular weight excluding hydrogens is 549 g/mol. The maximum Gasteiger partial charge on any atom is 0.410 e. The SMILES string of the molecule is Cc1cc(C2=CCN(C(=O)OC(C)(C)C)CC2)c(F)cc1NC(=O)c1ccc(C2=CCN(C(=O)OC(C)(C)C)CC2)cc1. The standard InChI is InChI=1S/C34H42FN3O5/c1-22-20-27(25-14-18-38(19-15-25)32(41)43-34(5,6)7)28(35)21-29(22)36-30(39)26-10-8-23(9-11-26)24-12-16-37(17-13-24)31(40)42-33(2,3)4/h8-12,14,20-21H,13,15-19H2,1-7H3,(H,36,39). The summed E-state index contributed by atoms with van der Waals surface area (Å²) < 4.78 is 26.1. The molecule has 2 aromatic rings. The molecule has 230 valence electrons. The molecule has 0 radical (unpaired) electrons. The number of halogens is 1. The van der Waals surface area contributed by atoms with Crippen molar-refractivity contribution in [1.29, 1.82) is 0 Å². The lowest BCUT2D eigenvalue weighted by atomic mass is 9.96. The van der Waals surface area contributed by atoms with Gasteiger partial charge >= 0.3 is 12.2 Å². The number of nitrogens with zero attached hydrogens (tertiary/aromatic N) is 2. The highest BCUT2D eigenvalue weighted by Crippen LogP contribution is 2.30. The van der Waals surface area contributed by atoms with E-state index in [1.54, 1.807) is 28.0 Å². The zero-order valence-electron chi connectivity index (χ0n) is 26.2. The normalized spacial score (nSPS) is 15.8. The highest BCUT2D eigenvalue weighted by atomic mass is 19.1. The Kier molecular flexibility index (Phi) is 9.32. The second-order valence-corrected chi connectivity index (χ2v) is 13.0. The molecule has 0 unspecified atom stereocenters. The number of carbonyl (C=O) groups excluding carboxylic acids is 3. The van der Waals surface area contributed by atoms with Crippen molar-refractivity contribution in [3.63, 3.8) is 0 Å². The smallest absolute Gasteiger partial charge is 0.410 e. The first-order valence-corrected chi connectivity index (χ1v) is 14.7. The van der Waals surface area contributed by atoms with Crippen LogP contribution in [0.15, 0.2) is 48.6 Å². The molecule has 0 bridgehead atoms. The first-order valence-electron chi connectivity index (χ1n) is 14.7. The molecule has 0 saturated heterocycles. The van der Waals surface area contributed by atoms with Gasteiger partial charge in [-0.1, -0.05) is 24.3 Å². The third-order valence-electron chi connectivity index (χ3n) is 7.15. The van der Waals surface area contributed by atoms with Crippen LogP contribution in [-0.2, 0) is 9.47 Å². The highest BCUT2D eigenvalue weighted by Gasteiger charge is 2.26. The van der Waals surface area contributed by atoms with Crippen molar-refractivity contribution in [3.05, 3.63) is 76.6 Å². The van der Waals surface area contributed by atoms with Crippen LogP contribution in [0.1, 0.15) is 81.4 Å². The minimum absolute atomic E-state index is 0.324. The Balaban J connectivity index is 1.37. The van der Waals surface area contributed by atoms with E-state index in [1.165, 1.54) is 6.07 Å². The van der Waals surface area contributed by atoms with Crippen LogP contribution in [0.25, 0.3) is 11.1 Å². The number of carbonyl (C=O) groups is 3. The van der Waals surface area contributed by atoms with Crippen LogP contribution in [0.5, 0.6) is 0 Å². The molecule has 3 amide bonds. The fraction of sp³-hybridized carbons (Fsp3) is 0.441. The summed E-state index contributed by atoms with van der Waals surface area (Å²) in [6, 6.07) is 10.3. The molecule has 2 aromatic carbocycles. The first-order chi connectivity index (χ1) is 20.1. The maximum atomic E-state index is 15.2. The third-order valence-corrected chi connectivity index (χ3v) is 7.15. The average molecular weight is 592 g/mol. The average Bonchev–Trinajstić information content (AvgIpc) is 2.93. The number of nitrogens with one attached hydrogen (secondary N) is 1. The van der Waals surface area contributed by atoms with Crippen molar-refractivity contribution in [2.45, 2.75) is 72.5 Å². The summed E-state index contributed by atoms with van der Waals surface area (Å²) in [5.41, 5.74) is 3.85. The third kappa shape index (κ3) is 8.46. The summed E-state index contributed by atoms with van der Waals surface area (Å²) in [5.74, 6) is -0.765. The van der Waals surface area contributed by atoms with Gasteiger partial charge in [-0.25, -0.2) is 14.0 Å². The van der Waals surface area contributed by atoms with E-state index < -0.39 is 17.0 Å². The van der Waals surface area contributed by atoms with Crippen molar-refractivity contribution in [3.8, 4) is 0 Å². The Hall–Kier alpha value is -4.14. The van der Waals surface area contributed by atoms with Crippen LogP contribution in [0, 0.1) is 12.7 Å². The van der Waals surface area contributed by atoms with Crippen LogP contribution >= 0.6 is 0 Å². The number of benzene rings is 2. The van der Waals surface area contributed by atoms with E-state index in [-0.39, 0.29) is 18.1 Å². The number of hydrogen-bond donors (Lipinski definition) is 1. The molecule has 0 aromatic heterocycles. The van der Waals surface area contributed by atoms with Crippen LogP contribution in [0.2, 0.25) is 0 Å². The minimum atomic E-state index is -0.577.